The molecule has 0 heterocycles. The Bertz CT molecular complexity index is 658. The largest absolute Gasteiger partial charge is 0.496 e. The van der Waals surface area contributed by atoms with Crippen molar-refractivity contribution in [1.29, 1.82) is 0 Å². The second kappa shape index (κ2) is 6.29. The average Bonchev–Trinajstić information content (AvgIpc) is 2.38. The quantitative estimate of drug-likeness (QED) is 0.664. The van der Waals surface area contributed by atoms with Crippen molar-refractivity contribution in [2.45, 2.75) is 6.42 Å². The molecule has 2 rings (SSSR count). The SMILES string of the molecule is COc1ccc(Br)cc1CC(=O)c1ccc(Cl)cc1N. The number of nitrogens with two attached hydrogens (primary N) is 1. The lowest BCUT2D eigenvalue weighted by Gasteiger charge is -2.10. The number of Topliss-reactive ketones (excluding diaryl/α,β-unsaturated/α-hetero) is 1. The Labute approximate surface area is 130 Å². The van der Waals surface area contributed by atoms with E-state index in [9.17, 15) is 4.79 Å². The van der Waals surface area contributed by atoms with Crippen molar-refractivity contribution in [3.63, 3.8) is 0 Å². The highest BCUT2D eigenvalue weighted by atomic mass is 79.9. The maximum atomic E-state index is 12.3. The maximum Gasteiger partial charge on any atom is 0.169 e. The topological polar surface area (TPSA) is 52.3 Å². The number of hydrogen-bond acceptors (Lipinski definition) is 3. The van der Waals surface area contributed by atoms with Crippen LogP contribution in [0.1, 0.15) is 15.9 Å². The third-order valence-electron chi connectivity index (χ3n) is 2.91. The molecule has 2 N–H and O–H groups in total. The summed E-state index contributed by atoms with van der Waals surface area (Å²) in [6.45, 7) is 0. The Balaban J connectivity index is 2.30. The number of anilines is 1. The summed E-state index contributed by atoms with van der Waals surface area (Å²) in [4.78, 5) is 12.3. The van der Waals surface area contributed by atoms with Gasteiger partial charge in [0.2, 0.25) is 0 Å². The van der Waals surface area contributed by atoms with Crippen LogP contribution in [0.3, 0.4) is 0 Å². The molecular formula is C15H13BrClNO2. The normalized spacial score (nSPS) is 10.3. The highest BCUT2D eigenvalue weighted by Crippen LogP contribution is 2.26. The van der Waals surface area contributed by atoms with Crippen LogP contribution in [0.25, 0.3) is 0 Å². The molecule has 0 radical (unpaired) electrons. The zero-order valence-electron chi connectivity index (χ0n) is 10.8. The molecule has 0 aliphatic carbocycles. The van der Waals surface area contributed by atoms with E-state index in [2.05, 4.69) is 15.9 Å². The standard InChI is InChI=1S/C15H13BrClNO2/c1-20-15-5-2-10(16)6-9(15)7-14(19)12-4-3-11(17)8-13(12)18/h2-6,8H,7,18H2,1H3. The first-order valence-corrected chi connectivity index (χ1v) is 7.09. The Hall–Kier alpha value is -1.52. The van der Waals surface area contributed by atoms with E-state index in [1.54, 1.807) is 25.3 Å². The molecule has 0 saturated heterocycles. The molecule has 2 aromatic rings. The van der Waals surface area contributed by atoms with Crippen molar-refractivity contribution in [1.82, 2.24) is 0 Å². The van der Waals surface area contributed by atoms with Gasteiger partial charge in [0.05, 0.1) is 7.11 Å². The summed E-state index contributed by atoms with van der Waals surface area (Å²) >= 11 is 9.22. The highest BCUT2D eigenvalue weighted by Gasteiger charge is 2.14. The van der Waals surface area contributed by atoms with Gasteiger partial charge in [-0.15, -0.1) is 0 Å². The minimum Gasteiger partial charge on any atom is -0.496 e. The maximum absolute atomic E-state index is 12.3. The van der Waals surface area contributed by atoms with E-state index in [4.69, 9.17) is 22.1 Å². The number of hydrogen-bond donors (Lipinski definition) is 1. The van der Waals surface area contributed by atoms with E-state index >= 15 is 0 Å². The summed E-state index contributed by atoms with van der Waals surface area (Å²) in [6, 6.07) is 10.4. The van der Waals surface area contributed by atoms with Gasteiger partial charge in [0.25, 0.3) is 0 Å². The lowest BCUT2D eigenvalue weighted by Crippen LogP contribution is -2.08. The van der Waals surface area contributed by atoms with Crippen LogP contribution >= 0.6 is 27.5 Å². The fraction of sp³-hybridized carbons (Fsp3) is 0.133. The first-order valence-electron chi connectivity index (χ1n) is 5.92. The van der Waals surface area contributed by atoms with Gasteiger partial charge in [-0.1, -0.05) is 27.5 Å². The number of benzene rings is 2. The van der Waals surface area contributed by atoms with E-state index in [1.807, 2.05) is 18.2 Å². The molecule has 0 fully saturated rings. The lowest BCUT2D eigenvalue weighted by atomic mass is 10.0. The van der Waals surface area contributed by atoms with Crippen LogP contribution in [0.4, 0.5) is 5.69 Å². The lowest BCUT2D eigenvalue weighted by molar-refractivity contribution is 0.0993. The Morgan fingerprint density at radius 1 is 1.30 bits per heavy atom. The first kappa shape index (κ1) is 14.9. The van der Waals surface area contributed by atoms with E-state index in [1.165, 1.54) is 0 Å². The van der Waals surface area contributed by atoms with Crippen molar-refractivity contribution in [2.24, 2.45) is 0 Å². The number of carbonyl (C=O) groups excluding carboxylic acids is 1. The van der Waals surface area contributed by atoms with Gasteiger partial charge in [-0.3, -0.25) is 4.79 Å². The predicted octanol–water partition coefficient (Wildman–Crippen LogP) is 4.12. The summed E-state index contributed by atoms with van der Waals surface area (Å²) in [5.74, 6) is 0.602. The van der Waals surface area contributed by atoms with Crippen molar-refractivity contribution >= 4 is 39.0 Å². The van der Waals surface area contributed by atoms with Gasteiger partial charge < -0.3 is 10.5 Å². The van der Waals surface area contributed by atoms with Gasteiger partial charge >= 0.3 is 0 Å². The molecule has 5 heteroatoms. The monoisotopic (exact) mass is 353 g/mol. The van der Waals surface area contributed by atoms with Crippen molar-refractivity contribution in [3.8, 4) is 5.75 Å². The summed E-state index contributed by atoms with van der Waals surface area (Å²) in [7, 11) is 1.58. The van der Waals surface area contributed by atoms with Gasteiger partial charge in [-0.05, 0) is 36.4 Å². The number of carbonyl (C=O) groups is 1. The number of ether oxygens (including phenoxy) is 1. The average molecular weight is 355 g/mol. The van der Waals surface area contributed by atoms with Crippen molar-refractivity contribution in [3.05, 3.63) is 57.0 Å². The number of nitrogen functional groups attached to an aromatic ring is 1. The third-order valence-corrected chi connectivity index (χ3v) is 3.64. The fourth-order valence-electron chi connectivity index (χ4n) is 1.94. The molecule has 0 aromatic heterocycles. The van der Waals surface area contributed by atoms with Crippen LogP contribution in [0.2, 0.25) is 5.02 Å². The van der Waals surface area contributed by atoms with Crippen LogP contribution in [-0.4, -0.2) is 12.9 Å². The summed E-state index contributed by atoms with van der Waals surface area (Å²) in [5.41, 5.74) is 7.49. The molecule has 104 valence electrons. The number of methoxy groups -OCH3 is 1. The van der Waals surface area contributed by atoms with Gasteiger partial charge in [0, 0.05) is 32.7 Å². The third kappa shape index (κ3) is 3.32. The molecule has 3 nitrogen and oxygen atoms in total. The Kier molecular flexibility index (Phi) is 4.68. The Morgan fingerprint density at radius 3 is 2.70 bits per heavy atom. The van der Waals surface area contributed by atoms with Gasteiger partial charge in [0.15, 0.2) is 5.78 Å². The van der Waals surface area contributed by atoms with Gasteiger partial charge in [-0.25, -0.2) is 0 Å². The first-order chi connectivity index (χ1) is 9.51. The smallest absolute Gasteiger partial charge is 0.169 e. The van der Waals surface area contributed by atoms with Crippen LogP contribution in [0.5, 0.6) is 5.75 Å². The van der Waals surface area contributed by atoms with E-state index in [-0.39, 0.29) is 12.2 Å². The number of rotatable bonds is 4. The van der Waals surface area contributed by atoms with E-state index < -0.39 is 0 Å². The molecule has 0 amide bonds. The Morgan fingerprint density at radius 2 is 2.05 bits per heavy atom. The second-order valence-corrected chi connectivity index (χ2v) is 5.64. The van der Waals surface area contributed by atoms with E-state index in [0.29, 0.717) is 22.0 Å². The molecule has 0 aliphatic heterocycles. The zero-order chi connectivity index (χ0) is 14.7. The number of ketones is 1. The minimum absolute atomic E-state index is 0.0735. The zero-order valence-corrected chi connectivity index (χ0v) is 13.2. The van der Waals surface area contributed by atoms with Crippen LogP contribution < -0.4 is 10.5 Å². The molecule has 0 atom stereocenters. The predicted molar refractivity (Wildman–Crippen MR) is 84.6 cm³/mol. The molecule has 0 spiro atoms. The molecule has 0 unspecified atom stereocenters. The minimum atomic E-state index is -0.0735. The second-order valence-electron chi connectivity index (χ2n) is 4.29. The van der Waals surface area contributed by atoms with Crippen LogP contribution in [-0.2, 0) is 6.42 Å². The molecule has 0 saturated carbocycles. The molecule has 2 aromatic carbocycles. The highest BCUT2D eigenvalue weighted by molar-refractivity contribution is 9.10. The molecule has 20 heavy (non-hydrogen) atoms. The van der Waals surface area contributed by atoms with Crippen molar-refractivity contribution < 1.29 is 9.53 Å². The fourth-order valence-corrected chi connectivity index (χ4v) is 2.53. The molecule has 0 bridgehead atoms. The van der Waals surface area contributed by atoms with Gasteiger partial charge in [0.1, 0.15) is 5.75 Å². The molecule has 0 aliphatic rings. The van der Waals surface area contributed by atoms with Gasteiger partial charge in [-0.2, -0.15) is 0 Å². The summed E-state index contributed by atoms with van der Waals surface area (Å²) in [5, 5.41) is 0.513. The summed E-state index contributed by atoms with van der Waals surface area (Å²) < 4.78 is 6.15. The van der Waals surface area contributed by atoms with E-state index in [0.717, 1.165) is 10.0 Å². The van der Waals surface area contributed by atoms with Crippen LogP contribution in [0, 0.1) is 0 Å². The summed E-state index contributed by atoms with van der Waals surface area (Å²) in [6.07, 6.45) is 0.217. The van der Waals surface area contributed by atoms with Crippen molar-refractivity contribution in [2.75, 3.05) is 12.8 Å². The van der Waals surface area contributed by atoms with Crippen LogP contribution in [0.15, 0.2) is 40.9 Å². The molecular weight excluding hydrogens is 342 g/mol. The number of halogens is 2.